The van der Waals surface area contributed by atoms with E-state index in [1.807, 2.05) is 6.92 Å². The van der Waals surface area contributed by atoms with E-state index in [-0.39, 0.29) is 5.56 Å². The monoisotopic (exact) mass is 316 g/mol. The molecule has 0 aliphatic carbocycles. The Hall–Kier alpha value is -3.16. The maximum Gasteiger partial charge on any atom is 0.325 e. The van der Waals surface area contributed by atoms with Crippen molar-refractivity contribution >= 4 is 12.1 Å². The maximum absolute atomic E-state index is 11.9. The van der Waals surface area contributed by atoms with Crippen molar-refractivity contribution in [3.8, 4) is 5.75 Å². The molecule has 0 aliphatic rings. The lowest BCUT2D eigenvalue weighted by Crippen LogP contribution is -2.27. The van der Waals surface area contributed by atoms with E-state index in [0.717, 1.165) is 0 Å². The molecule has 1 aromatic heterocycles. The van der Waals surface area contributed by atoms with Gasteiger partial charge in [0.15, 0.2) is 0 Å². The van der Waals surface area contributed by atoms with Crippen molar-refractivity contribution in [2.75, 3.05) is 6.61 Å². The van der Waals surface area contributed by atoms with Crippen molar-refractivity contribution in [3.05, 3.63) is 61.9 Å². The number of hydrogen-bond donors (Lipinski definition) is 3. The number of aromatic nitrogens is 2. The number of carbonyl (C=O) groups is 1. The van der Waals surface area contributed by atoms with Crippen molar-refractivity contribution in [1.82, 2.24) is 15.4 Å². The second-order valence-corrected chi connectivity index (χ2v) is 4.60. The van der Waals surface area contributed by atoms with E-state index in [0.29, 0.717) is 23.6 Å². The lowest BCUT2D eigenvalue weighted by atomic mass is 10.2. The van der Waals surface area contributed by atoms with Crippen molar-refractivity contribution < 1.29 is 9.53 Å². The van der Waals surface area contributed by atoms with E-state index in [2.05, 4.69) is 20.5 Å². The molecule has 2 rings (SSSR count). The zero-order valence-corrected chi connectivity index (χ0v) is 12.7. The van der Waals surface area contributed by atoms with Crippen LogP contribution in [-0.4, -0.2) is 28.7 Å². The van der Waals surface area contributed by atoms with Crippen LogP contribution in [0.3, 0.4) is 0 Å². The fourth-order valence-electron chi connectivity index (χ4n) is 1.85. The summed E-state index contributed by atoms with van der Waals surface area (Å²) in [7, 11) is 0. The minimum atomic E-state index is -0.594. The van der Waals surface area contributed by atoms with Crippen LogP contribution in [0.25, 0.3) is 0 Å². The van der Waals surface area contributed by atoms with Crippen LogP contribution in [0.15, 0.2) is 39.0 Å². The molecule has 0 spiro atoms. The van der Waals surface area contributed by atoms with E-state index in [1.54, 1.807) is 31.2 Å². The van der Waals surface area contributed by atoms with Gasteiger partial charge in [0, 0.05) is 11.3 Å². The molecule has 0 saturated heterocycles. The molecule has 0 atom stereocenters. The smallest absolute Gasteiger partial charge is 0.325 e. The Labute approximate surface area is 131 Å². The number of nitrogens with zero attached hydrogens (tertiary/aromatic N) is 1. The Morgan fingerprint density at radius 1 is 1.26 bits per heavy atom. The Balaban J connectivity index is 2.07. The molecule has 8 nitrogen and oxygen atoms in total. The molecule has 2 aromatic rings. The Kier molecular flexibility index (Phi) is 5.08. The van der Waals surface area contributed by atoms with Crippen molar-refractivity contribution in [1.29, 1.82) is 0 Å². The third kappa shape index (κ3) is 4.16. The largest absolute Gasteiger partial charge is 0.494 e. The Bertz CT molecular complexity index is 834. The zero-order valence-electron chi connectivity index (χ0n) is 12.7. The van der Waals surface area contributed by atoms with Gasteiger partial charge < -0.3 is 9.72 Å². The number of benzene rings is 1. The van der Waals surface area contributed by atoms with Gasteiger partial charge in [-0.1, -0.05) is 0 Å². The molecule has 1 amide bonds. The summed E-state index contributed by atoms with van der Waals surface area (Å²) >= 11 is 0. The van der Waals surface area contributed by atoms with E-state index in [9.17, 15) is 14.4 Å². The highest BCUT2D eigenvalue weighted by Crippen LogP contribution is 2.11. The van der Waals surface area contributed by atoms with Crippen molar-refractivity contribution in [3.63, 3.8) is 0 Å². The normalized spacial score (nSPS) is 10.7. The molecule has 0 radical (unpaired) electrons. The fraction of sp³-hybridized carbons (Fsp3) is 0.200. The molecular formula is C15H16N4O4. The van der Waals surface area contributed by atoms with Crippen molar-refractivity contribution in [2.45, 2.75) is 13.8 Å². The number of nitrogens with one attached hydrogen (secondary N) is 3. The first kappa shape index (κ1) is 16.2. The molecule has 23 heavy (non-hydrogen) atoms. The molecule has 0 unspecified atom stereocenters. The summed E-state index contributed by atoms with van der Waals surface area (Å²) < 4.78 is 5.29. The van der Waals surface area contributed by atoms with Crippen LogP contribution in [0, 0.1) is 6.92 Å². The van der Waals surface area contributed by atoms with Crippen LogP contribution in [0.5, 0.6) is 5.75 Å². The number of aryl methyl sites for hydroxylation is 1. The topological polar surface area (TPSA) is 116 Å². The van der Waals surface area contributed by atoms with Gasteiger partial charge in [-0.05, 0) is 38.1 Å². The van der Waals surface area contributed by atoms with Gasteiger partial charge in [-0.25, -0.2) is 10.2 Å². The van der Waals surface area contributed by atoms with Gasteiger partial charge in [0.05, 0.1) is 18.4 Å². The second-order valence-electron chi connectivity index (χ2n) is 4.60. The first-order valence-corrected chi connectivity index (χ1v) is 6.90. The maximum atomic E-state index is 11.9. The van der Waals surface area contributed by atoms with Gasteiger partial charge in [0.25, 0.3) is 11.5 Å². The first-order valence-electron chi connectivity index (χ1n) is 6.90. The zero-order chi connectivity index (χ0) is 16.8. The Morgan fingerprint density at radius 3 is 2.57 bits per heavy atom. The summed E-state index contributed by atoms with van der Waals surface area (Å²) in [5, 5.41) is 3.73. The highest BCUT2D eigenvalue weighted by molar-refractivity contribution is 5.95. The average Bonchev–Trinajstić information content (AvgIpc) is 2.50. The number of H-pyrrole nitrogens is 2. The molecule has 0 saturated carbocycles. The number of amides is 1. The van der Waals surface area contributed by atoms with E-state index >= 15 is 0 Å². The number of aromatic amines is 2. The van der Waals surface area contributed by atoms with E-state index in [4.69, 9.17) is 4.74 Å². The molecule has 1 aromatic carbocycles. The predicted octanol–water partition coefficient (Wildman–Crippen LogP) is 0.534. The van der Waals surface area contributed by atoms with Crippen LogP contribution < -0.4 is 21.4 Å². The van der Waals surface area contributed by atoms with Crippen LogP contribution in [0.1, 0.15) is 28.5 Å². The summed E-state index contributed by atoms with van der Waals surface area (Å²) in [6.07, 6.45) is 1.18. The van der Waals surface area contributed by atoms with Crippen LogP contribution in [0.4, 0.5) is 0 Å². The van der Waals surface area contributed by atoms with Gasteiger partial charge in [0.1, 0.15) is 5.75 Å². The molecule has 1 heterocycles. The minimum Gasteiger partial charge on any atom is -0.494 e. The van der Waals surface area contributed by atoms with Crippen molar-refractivity contribution in [2.24, 2.45) is 5.10 Å². The second kappa shape index (κ2) is 7.21. The molecular weight excluding hydrogens is 300 g/mol. The number of ether oxygens (including phenoxy) is 1. The third-order valence-corrected chi connectivity index (χ3v) is 2.96. The number of rotatable bonds is 5. The summed E-state index contributed by atoms with van der Waals surface area (Å²) in [4.78, 5) is 39.1. The molecule has 0 bridgehead atoms. The van der Waals surface area contributed by atoms with Gasteiger partial charge in [-0.15, -0.1) is 0 Å². The SMILES string of the molecule is CCOc1ccc(C(=O)N/N=C\c2c(C)[nH]c(=O)[nH]c2=O)cc1. The van der Waals surface area contributed by atoms with Gasteiger partial charge in [-0.3, -0.25) is 14.6 Å². The fourth-order valence-corrected chi connectivity index (χ4v) is 1.85. The molecule has 120 valence electrons. The van der Waals surface area contributed by atoms with Gasteiger partial charge in [-0.2, -0.15) is 5.10 Å². The van der Waals surface area contributed by atoms with Crippen LogP contribution >= 0.6 is 0 Å². The number of carbonyl (C=O) groups excluding carboxylic acids is 1. The van der Waals surface area contributed by atoms with E-state index < -0.39 is 17.2 Å². The molecule has 8 heteroatoms. The first-order chi connectivity index (χ1) is 11.0. The molecule has 3 N–H and O–H groups in total. The quantitative estimate of drug-likeness (QED) is 0.551. The highest BCUT2D eigenvalue weighted by atomic mass is 16.5. The minimum absolute atomic E-state index is 0.164. The lowest BCUT2D eigenvalue weighted by molar-refractivity contribution is 0.0955. The van der Waals surface area contributed by atoms with Crippen LogP contribution in [0.2, 0.25) is 0 Å². The number of hydrazone groups is 1. The average molecular weight is 316 g/mol. The molecule has 0 aliphatic heterocycles. The predicted molar refractivity (Wildman–Crippen MR) is 85.1 cm³/mol. The summed E-state index contributed by atoms with van der Waals surface area (Å²) in [6.45, 7) is 3.98. The molecule has 0 fully saturated rings. The lowest BCUT2D eigenvalue weighted by Gasteiger charge is -2.04. The third-order valence-electron chi connectivity index (χ3n) is 2.96. The van der Waals surface area contributed by atoms with E-state index in [1.165, 1.54) is 6.21 Å². The summed E-state index contributed by atoms with van der Waals surface area (Å²) in [6, 6.07) is 6.57. The summed E-state index contributed by atoms with van der Waals surface area (Å²) in [5.41, 5.74) is 2.06. The van der Waals surface area contributed by atoms with Gasteiger partial charge >= 0.3 is 5.69 Å². The Morgan fingerprint density at radius 2 is 1.96 bits per heavy atom. The van der Waals surface area contributed by atoms with Gasteiger partial charge in [0.2, 0.25) is 0 Å². The highest BCUT2D eigenvalue weighted by Gasteiger charge is 2.05. The summed E-state index contributed by atoms with van der Waals surface area (Å²) in [5.74, 6) is 0.241. The van der Waals surface area contributed by atoms with Crippen LogP contribution in [-0.2, 0) is 0 Å². The number of hydrogen-bond acceptors (Lipinski definition) is 5. The standard InChI is InChI=1S/C15H16N4O4/c1-3-23-11-6-4-10(5-7-11)13(20)19-16-8-12-9(2)17-15(22)18-14(12)21/h4-8H,3H2,1-2H3,(H,19,20)(H2,17,18,21,22)/b16-8-.